The van der Waals surface area contributed by atoms with Crippen molar-refractivity contribution in [2.45, 2.75) is 13.8 Å². The lowest BCUT2D eigenvalue weighted by atomic mass is 9.97. The normalized spacial score (nSPS) is 10.9. The smallest absolute Gasteiger partial charge is 0.150 e. The van der Waals surface area contributed by atoms with Gasteiger partial charge < -0.3 is 0 Å². The van der Waals surface area contributed by atoms with E-state index in [1.54, 1.807) is 6.07 Å². The molecule has 0 saturated heterocycles. The van der Waals surface area contributed by atoms with E-state index in [1.807, 2.05) is 61.5 Å². The van der Waals surface area contributed by atoms with E-state index in [1.165, 1.54) is 5.56 Å². The zero-order chi connectivity index (χ0) is 19.7. The first kappa shape index (κ1) is 18.5. The Balaban J connectivity index is 1.68. The summed E-state index contributed by atoms with van der Waals surface area (Å²) in [7, 11) is 0. The summed E-state index contributed by atoms with van der Waals surface area (Å²) in [5.41, 5.74) is 7.59. The van der Waals surface area contributed by atoms with E-state index in [0.717, 1.165) is 27.8 Å². The highest BCUT2D eigenvalue weighted by molar-refractivity contribution is 6.33. The van der Waals surface area contributed by atoms with Crippen molar-refractivity contribution in [3.63, 3.8) is 0 Å². The minimum Gasteiger partial charge on any atom is -0.205 e. The predicted molar refractivity (Wildman–Crippen MR) is 117 cm³/mol. The molecule has 28 heavy (non-hydrogen) atoms. The van der Waals surface area contributed by atoms with Crippen LogP contribution in [0.4, 0.5) is 4.39 Å². The van der Waals surface area contributed by atoms with Gasteiger partial charge in [-0.05, 0) is 36.1 Å². The molecule has 0 aliphatic rings. The molecule has 0 nitrogen and oxygen atoms in total. The van der Waals surface area contributed by atoms with Crippen LogP contribution in [0.25, 0.3) is 33.4 Å². The lowest BCUT2D eigenvalue weighted by Crippen LogP contribution is -1.90. The topological polar surface area (TPSA) is 0 Å². The molecule has 0 spiro atoms. The van der Waals surface area contributed by atoms with Crippen molar-refractivity contribution in [1.29, 1.82) is 0 Å². The van der Waals surface area contributed by atoms with Crippen LogP contribution in [0.15, 0.2) is 84.9 Å². The van der Waals surface area contributed by atoms with Crippen molar-refractivity contribution in [3.05, 3.63) is 107 Å². The van der Waals surface area contributed by atoms with Gasteiger partial charge in [-0.2, -0.15) is 0 Å². The van der Waals surface area contributed by atoms with Crippen molar-refractivity contribution < 1.29 is 4.39 Å². The molecule has 0 aliphatic heterocycles. The lowest BCUT2D eigenvalue weighted by molar-refractivity contribution is 0.632. The van der Waals surface area contributed by atoms with E-state index in [-0.39, 0.29) is 10.8 Å². The Morgan fingerprint density at radius 1 is 0.500 bits per heavy atom. The van der Waals surface area contributed by atoms with Crippen LogP contribution >= 0.6 is 11.6 Å². The summed E-state index contributed by atoms with van der Waals surface area (Å²) in [5, 5.41) is 0.154. The van der Waals surface area contributed by atoms with Gasteiger partial charge in [0, 0.05) is 11.1 Å². The van der Waals surface area contributed by atoms with Crippen molar-refractivity contribution >= 4 is 11.6 Å². The maximum Gasteiger partial charge on any atom is 0.150 e. The Labute approximate surface area is 170 Å². The Hall–Kier alpha value is -2.90. The van der Waals surface area contributed by atoms with E-state index >= 15 is 0 Å². The summed E-state index contributed by atoms with van der Waals surface area (Å²) < 4.78 is 15.0. The third-order valence-corrected chi connectivity index (χ3v) is 5.40. The Bertz CT molecular complexity index is 1110. The molecule has 4 aromatic carbocycles. The Morgan fingerprint density at radius 3 is 1.39 bits per heavy atom. The summed E-state index contributed by atoms with van der Waals surface area (Å²) in [6, 6.07) is 27.9. The van der Waals surface area contributed by atoms with Crippen LogP contribution in [0.1, 0.15) is 11.1 Å². The van der Waals surface area contributed by atoms with Crippen LogP contribution < -0.4 is 0 Å². The zero-order valence-corrected chi connectivity index (χ0v) is 16.6. The molecule has 0 amide bonds. The van der Waals surface area contributed by atoms with Gasteiger partial charge >= 0.3 is 0 Å². The number of hydrogen-bond acceptors (Lipinski definition) is 0. The van der Waals surface area contributed by atoms with Crippen molar-refractivity contribution in [3.8, 4) is 33.4 Å². The molecule has 0 saturated carbocycles. The second kappa shape index (κ2) is 7.61. The van der Waals surface area contributed by atoms with Gasteiger partial charge in [0.2, 0.25) is 0 Å². The Morgan fingerprint density at radius 2 is 0.857 bits per heavy atom. The summed E-state index contributed by atoms with van der Waals surface area (Å²) in [4.78, 5) is 0. The minimum atomic E-state index is -0.384. The molecule has 138 valence electrons. The second-order valence-electron chi connectivity index (χ2n) is 7.10. The van der Waals surface area contributed by atoms with Crippen molar-refractivity contribution in [1.82, 2.24) is 0 Å². The molecular formula is C26H20ClF. The fourth-order valence-corrected chi connectivity index (χ4v) is 3.59. The molecule has 0 fully saturated rings. The molecule has 0 heterocycles. The number of aryl methyl sites for hydroxylation is 2. The van der Waals surface area contributed by atoms with Crippen molar-refractivity contribution in [2.75, 3.05) is 0 Å². The predicted octanol–water partition coefficient (Wildman–Crippen LogP) is 8.10. The standard InChI is InChI=1S/C26H20ClF/c1-17-3-7-19(8-4-17)20-11-13-21(14-12-20)23-15-16-24(26(28)25(23)27)22-9-5-18(2)6-10-22/h3-16H,1-2H3. The number of rotatable bonds is 3. The third-order valence-electron chi connectivity index (χ3n) is 5.03. The molecule has 0 radical (unpaired) electrons. The van der Waals surface area contributed by atoms with Crippen molar-refractivity contribution in [2.24, 2.45) is 0 Å². The summed E-state index contributed by atoms with van der Waals surface area (Å²) in [6.07, 6.45) is 0. The van der Waals surface area contributed by atoms with E-state index in [9.17, 15) is 4.39 Å². The van der Waals surface area contributed by atoms with Gasteiger partial charge in [0.15, 0.2) is 0 Å². The number of benzene rings is 4. The average molecular weight is 387 g/mol. The highest BCUT2D eigenvalue weighted by atomic mass is 35.5. The van der Waals surface area contributed by atoms with Gasteiger partial charge in [-0.3, -0.25) is 0 Å². The Kier molecular flexibility index (Phi) is 5.02. The summed E-state index contributed by atoms with van der Waals surface area (Å²) >= 11 is 6.41. The SMILES string of the molecule is Cc1ccc(-c2ccc(-c3ccc(-c4ccc(C)cc4)c(F)c3Cl)cc2)cc1. The zero-order valence-electron chi connectivity index (χ0n) is 15.8. The fourth-order valence-electron chi connectivity index (χ4n) is 3.32. The molecule has 0 aliphatic carbocycles. The molecular weight excluding hydrogens is 367 g/mol. The maximum absolute atomic E-state index is 15.0. The van der Waals surface area contributed by atoms with Crippen LogP contribution in [0, 0.1) is 19.7 Å². The monoisotopic (exact) mass is 386 g/mol. The molecule has 0 aromatic heterocycles. The quantitative estimate of drug-likeness (QED) is 0.333. The van der Waals surface area contributed by atoms with Gasteiger partial charge in [0.05, 0.1) is 5.02 Å². The number of hydrogen-bond donors (Lipinski definition) is 0. The largest absolute Gasteiger partial charge is 0.205 e. The third kappa shape index (κ3) is 3.58. The average Bonchev–Trinajstić information content (AvgIpc) is 2.72. The first-order valence-corrected chi connectivity index (χ1v) is 9.63. The van der Waals surface area contributed by atoms with Gasteiger partial charge in [-0.15, -0.1) is 0 Å². The highest BCUT2D eigenvalue weighted by Crippen LogP contribution is 2.36. The van der Waals surface area contributed by atoms with Crippen LogP contribution in [-0.4, -0.2) is 0 Å². The molecule has 0 unspecified atom stereocenters. The minimum absolute atomic E-state index is 0.154. The molecule has 2 heteroatoms. The van der Waals surface area contributed by atoms with Gasteiger partial charge in [-0.25, -0.2) is 4.39 Å². The van der Waals surface area contributed by atoms with Crippen LogP contribution in [-0.2, 0) is 0 Å². The summed E-state index contributed by atoms with van der Waals surface area (Å²) in [5.74, 6) is -0.384. The van der Waals surface area contributed by atoms with Gasteiger partial charge in [0.1, 0.15) is 5.82 Å². The second-order valence-corrected chi connectivity index (χ2v) is 7.48. The molecule has 0 bridgehead atoms. The summed E-state index contributed by atoms with van der Waals surface area (Å²) in [6.45, 7) is 4.08. The number of halogens is 2. The van der Waals surface area contributed by atoms with Crippen LogP contribution in [0.3, 0.4) is 0 Å². The van der Waals surface area contributed by atoms with Crippen LogP contribution in [0.5, 0.6) is 0 Å². The molecule has 4 rings (SSSR count). The van der Waals surface area contributed by atoms with Gasteiger partial charge in [-0.1, -0.05) is 108 Å². The molecule has 0 atom stereocenters. The fraction of sp³-hybridized carbons (Fsp3) is 0.0769. The molecule has 4 aromatic rings. The van der Waals surface area contributed by atoms with Gasteiger partial charge in [0.25, 0.3) is 0 Å². The van der Waals surface area contributed by atoms with E-state index in [0.29, 0.717) is 11.1 Å². The first-order chi connectivity index (χ1) is 13.5. The molecule has 0 N–H and O–H groups in total. The lowest BCUT2D eigenvalue weighted by Gasteiger charge is -2.11. The first-order valence-electron chi connectivity index (χ1n) is 9.25. The van der Waals surface area contributed by atoms with E-state index in [4.69, 9.17) is 11.6 Å². The highest BCUT2D eigenvalue weighted by Gasteiger charge is 2.14. The van der Waals surface area contributed by atoms with E-state index in [2.05, 4.69) is 31.2 Å². The maximum atomic E-state index is 15.0. The van der Waals surface area contributed by atoms with E-state index < -0.39 is 0 Å². The van der Waals surface area contributed by atoms with Crippen LogP contribution in [0.2, 0.25) is 5.02 Å².